The number of benzene rings is 1. The van der Waals surface area contributed by atoms with E-state index in [0.29, 0.717) is 0 Å². The second-order valence-corrected chi connectivity index (χ2v) is 19.9. The van der Waals surface area contributed by atoms with Crippen molar-refractivity contribution in [1.82, 2.24) is 0 Å². The molecule has 0 amide bonds. The van der Waals surface area contributed by atoms with Crippen molar-refractivity contribution in [3.63, 3.8) is 0 Å². The minimum absolute atomic E-state index is 0.160. The van der Waals surface area contributed by atoms with E-state index in [2.05, 4.69) is 90.5 Å². The maximum atomic E-state index is 10.3. The molecule has 0 saturated heterocycles. The van der Waals surface area contributed by atoms with Gasteiger partial charge in [0.15, 0.2) is 0 Å². The van der Waals surface area contributed by atoms with Gasteiger partial charge in [-0.05, 0) is 122 Å². The molecular weight excluding hydrogens is 516 g/mol. The number of aliphatic hydroxyl groups is 1. The third-order valence-electron chi connectivity index (χ3n) is 8.50. The van der Waals surface area contributed by atoms with Gasteiger partial charge in [0.2, 0.25) is 0 Å². The summed E-state index contributed by atoms with van der Waals surface area (Å²) in [5.41, 5.74) is 6.22. The zero-order valence-electron chi connectivity index (χ0n) is 24.5. The van der Waals surface area contributed by atoms with Crippen molar-refractivity contribution < 1.29 is 14.3 Å². The third-order valence-corrected chi connectivity index (χ3v) is 13.4. The van der Waals surface area contributed by atoms with Crippen LogP contribution >= 0.6 is 15.9 Å². The quantitative estimate of drug-likeness (QED) is 0.184. The lowest BCUT2D eigenvalue weighted by molar-refractivity contribution is 0.0559. The summed E-state index contributed by atoms with van der Waals surface area (Å²) >= 11 is 3.57. The molecule has 2 rings (SSSR count). The number of rotatable bonds is 9. The Morgan fingerprint density at radius 1 is 1.14 bits per heavy atom. The van der Waals surface area contributed by atoms with Crippen LogP contribution < -0.4 is 9.16 Å². The summed E-state index contributed by atoms with van der Waals surface area (Å²) in [6.45, 7) is 26.6. The maximum Gasteiger partial charge on any atom is 0.250 e. The van der Waals surface area contributed by atoms with E-state index in [9.17, 15) is 5.11 Å². The first kappa shape index (κ1) is 30.4. The van der Waals surface area contributed by atoms with Gasteiger partial charge in [-0.25, -0.2) is 0 Å². The highest BCUT2D eigenvalue weighted by Gasteiger charge is 2.41. The van der Waals surface area contributed by atoms with Gasteiger partial charge in [-0.15, -0.1) is 0 Å². The average molecular weight is 568 g/mol. The monoisotopic (exact) mass is 566 g/mol. The predicted molar refractivity (Wildman–Crippen MR) is 157 cm³/mol. The molecule has 1 aromatic carbocycles. The first-order valence-corrected chi connectivity index (χ1v) is 17.0. The Morgan fingerprint density at radius 3 is 2.29 bits per heavy atom. The number of hydrogen-bond acceptors (Lipinski definition) is 3. The molecule has 2 atom stereocenters. The van der Waals surface area contributed by atoms with Crippen LogP contribution in [0.3, 0.4) is 0 Å². The minimum Gasteiger partial charge on any atom is -0.543 e. The summed E-state index contributed by atoms with van der Waals surface area (Å²) in [6, 6.07) is 0. The van der Waals surface area contributed by atoms with Crippen LogP contribution in [0.5, 0.6) is 11.5 Å². The molecule has 35 heavy (non-hydrogen) atoms. The van der Waals surface area contributed by atoms with Crippen molar-refractivity contribution >= 4 is 24.2 Å². The number of allylic oxidation sites excluding steroid dienone is 2. The van der Waals surface area contributed by atoms with Crippen LogP contribution in [0.25, 0.3) is 0 Å². The lowest BCUT2D eigenvalue weighted by atomic mass is 9.85. The van der Waals surface area contributed by atoms with Crippen molar-refractivity contribution in [1.29, 1.82) is 0 Å². The summed E-state index contributed by atoms with van der Waals surface area (Å²) in [7, 11) is -1.92. The highest BCUT2D eigenvalue weighted by molar-refractivity contribution is 9.10. The summed E-state index contributed by atoms with van der Waals surface area (Å²) < 4.78 is 13.4. The molecule has 0 saturated carbocycles. The molecule has 1 aromatic rings. The van der Waals surface area contributed by atoms with E-state index in [1.165, 1.54) is 27.8 Å². The van der Waals surface area contributed by atoms with E-state index in [1.54, 1.807) is 0 Å². The fraction of sp³-hybridized carbons (Fsp3) is 0.733. The molecular formula is C30H51BrO3Si. The van der Waals surface area contributed by atoms with Crippen molar-refractivity contribution in [2.45, 2.75) is 142 Å². The SMILES string of the molecule is C/C(=C\CC[C@@]1(C)CCc2c(C)c(O[Si](C)(C)C(C)(C)C)c(C)c(C)c2O1)CCC(O)C(C)(C)Br. The Kier molecular flexibility index (Phi) is 9.49. The van der Waals surface area contributed by atoms with Gasteiger partial charge in [-0.2, -0.15) is 0 Å². The lowest BCUT2D eigenvalue weighted by Crippen LogP contribution is -2.44. The van der Waals surface area contributed by atoms with Crippen LogP contribution in [0.4, 0.5) is 0 Å². The van der Waals surface area contributed by atoms with Crippen LogP contribution in [-0.2, 0) is 6.42 Å². The highest BCUT2D eigenvalue weighted by atomic mass is 79.9. The Bertz CT molecular complexity index is 937. The standard InChI is InChI=1S/C30H51BrO3Si/c1-20(15-16-25(32)29(8,9)31)14-13-18-30(10)19-17-24-23(4)26(21(2)22(3)27(24)33-30)34-35(11,12)28(5,6)7/h14,25,32H,13,15-19H2,1-12H3/b20-14+/t25?,30-/m0/s1. The molecule has 1 unspecified atom stereocenters. The first-order valence-electron chi connectivity index (χ1n) is 13.3. The number of fused-ring (bicyclic) bond motifs is 1. The molecule has 1 aliphatic heterocycles. The topological polar surface area (TPSA) is 38.7 Å². The Hall–Kier alpha value is -0.783. The molecule has 5 heteroatoms. The highest BCUT2D eigenvalue weighted by Crippen LogP contribution is 2.47. The Balaban J connectivity index is 2.15. The third kappa shape index (κ3) is 7.38. The summed E-state index contributed by atoms with van der Waals surface area (Å²) in [5, 5.41) is 10.5. The van der Waals surface area contributed by atoms with E-state index < -0.39 is 8.32 Å². The van der Waals surface area contributed by atoms with E-state index in [4.69, 9.17) is 9.16 Å². The van der Waals surface area contributed by atoms with Crippen LogP contribution in [0.1, 0.15) is 103 Å². The number of alkyl halides is 1. The molecule has 0 radical (unpaired) electrons. The predicted octanol–water partition coefficient (Wildman–Crippen LogP) is 9.12. The average Bonchev–Trinajstić information content (AvgIpc) is 2.71. The number of halogens is 1. The smallest absolute Gasteiger partial charge is 0.250 e. The molecule has 200 valence electrons. The Morgan fingerprint density at radius 2 is 1.74 bits per heavy atom. The van der Waals surface area contributed by atoms with Gasteiger partial charge in [-0.3, -0.25) is 0 Å². The Labute approximate surface area is 225 Å². The summed E-state index contributed by atoms with van der Waals surface area (Å²) in [5.74, 6) is 2.17. The fourth-order valence-corrected chi connectivity index (χ4v) is 5.80. The van der Waals surface area contributed by atoms with E-state index >= 15 is 0 Å². The first-order chi connectivity index (χ1) is 15.8. The van der Waals surface area contributed by atoms with E-state index in [-0.39, 0.29) is 21.1 Å². The zero-order chi connectivity index (χ0) is 27.0. The van der Waals surface area contributed by atoms with Gasteiger partial charge in [0.05, 0.1) is 6.10 Å². The molecule has 0 spiro atoms. The minimum atomic E-state index is -1.92. The molecule has 0 bridgehead atoms. The van der Waals surface area contributed by atoms with Crippen LogP contribution in [0.2, 0.25) is 18.1 Å². The zero-order valence-corrected chi connectivity index (χ0v) is 27.1. The second kappa shape index (κ2) is 10.9. The maximum absolute atomic E-state index is 10.3. The van der Waals surface area contributed by atoms with Gasteiger partial charge in [0.1, 0.15) is 17.1 Å². The summed E-state index contributed by atoms with van der Waals surface area (Å²) in [6.07, 6.45) is 7.72. The fourth-order valence-electron chi connectivity index (χ4n) is 4.45. The van der Waals surface area contributed by atoms with Gasteiger partial charge < -0.3 is 14.3 Å². The number of hydrogen-bond donors (Lipinski definition) is 1. The largest absolute Gasteiger partial charge is 0.543 e. The van der Waals surface area contributed by atoms with Crippen molar-refractivity contribution in [2.75, 3.05) is 0 Å². The van der Waals surface area contributed by atoms with Crippen molar-refractivity contribution in [3.05, 3.63) is 33.9 Å². The van der Waals surface area contributed by atoms with Gasteiger partial charge in [0, 0.05) is 9.89 Å². The van der Waals surface area contributed by atoms with E-state index in [0.717, 1.165) is 50.0 Å². The number of ether oxygens (including phenoxy) is 1. The van der Waals surface area contributed by atoms with Gasteiger partial charge >= 0.3 is 0 Å². The molecule has 0 fully saturated rings. The number of aliphatic hydroxyl groups excluding tert-OH is 1. The van der Waals surface area contributed by atoms with Crippen LogP contribution in [0, 0.1) is 20.8 Å². The van der Waals surface area contributed by atoms with Crippen LogP contribution in [0.15, 0.2) is 11.6 Å². The molecule has 1 aliphatic rings. The molecule has 1 N–H and O–H groups in total. The van der Waals surface area contributed by atoms with E-state index in [1.807, 2.05) is 13.8 Å². The summed E-state index contributed by atoms with van der Waals surface area (Å²) in [4.78, 5) is 0. The molecule has 0 aliphatic carbocycles. The molecule has 1 heterocycles. The van der Waals surface area contributed by atoms with Gasteiger partial charge in [-0.1, -0.05) is 48.4 Å². The van der Waals surface area contributed by atoms with Crippen molar-refractivity contribution in [3.8, 4) is 11.5 Å². The van der Waals surface area contributed by atoms with Gasteiger partial charge in [0.25, 0.3) is 8.32 Å². The lowest BCUT2D eigenvalue weighted by Gasteiger charge is -2.41. The molecule has 0 aromatic heterocycles. The van der Waals surface area contributed by atoms with Crippen LogP contribution in [-0.4, -0.2) is 29.5 Å². The molecule has 3 nitrogen and oxygen atoms in total. The van der Waals surface area contributed by atoms with Crippen molar-refractivity contribution in [2.24, 2.45) is 0 Å². The second-order valence-electron chi connectivity index (χ2n) is 13.1. The normalized spacial score (nSPS) is 20.3.